The van der Waals surface area contributed by atoms with E-state index in [1.807, 2.05) is 18.2 Å². The fourth-order valence-corrected chi connectivity index (χ4v) is 2.55. The first-order valence-electron chi connectivity index (χ1n) is 7.72. The molecule has 1 aliphatic rings. The highest BCUT2D eigenvalue weighted by Gasteiger charge is 2.21. The third-order valence-electron chi connectivity index (χ3n) is 3.80. The average Bonchev–Trinajstić information content (AvgIpc) is 3.09. The Morgan fingerprint density at radius 3 is 2.75 bits per heavy atom. The number of halogens is 2. The van der Waals surface area contributed by atoms with Gasteiger partial charge in [-0.2, -0.15) is 0 Å². The molecular weight excluding hydrogens is 331 g/mol. The minimum Gasteiger partial charge on any atom is -0.489 e. The molecule has 0 bridgehead atoms. The van der Waals surface area contributed by atoms with Crippen LogP contribution >= 0.6 is 12.4 Å². The standard InChI is InChI=1S/C18H19FN2O2.ClH/c19-14-8-6-13(7-9-14)12-23-16-4-1-3-15(11-16)21-18(22)17-5-2-10-20-17;/h1,3-4,6-9,11,17,20H,2,5,10,12H2,(H,21,22);1H. The van der Waals surface area contributed by atoms with Gasteiger partial charge in [-0.15, -0.1) is 12.4 Å². The zero-order valence-electron chi connectivity index (χ0n) is 13.1. The predicted octanol–water partition coefficient (Wildman–Crippen LogP) is 3.52. The first-order chi connectivity index (χ1) is 11.2. The zero-order valence-corrected chi connectivity index (χ0v) is 13.9. The van der Waals surface area contributed by atoms with E-state index in [0.29, 0.717) is 18.0 Å². The molecule has 2 aromatic carbocycles. The molecule has 1 saturated heterocycles. The van der Waals surface area contributed by atoms with E-state index < -0.39 is 0 Å². The van der Waals surface area contributed by atoms with Gasteiger partial charge in [-0.05, 0) is 49.2 Å². The maximum absolute atomic E-state index is 12.9. The maximum atomic E-state index is 12.9. The summed E-state index contributed by atoms with van der Waals surface area (Å²) in [5, 5.41) is 6.07. The van der Waals surface area contributed by atoms with Crippen molar-refractivity contribution in [2.75, 3.05) is 11.9 Å². The summed E-state index contributed by atoms with van der Waals surface area (Å²) in [5.74, 6) is 0.378. The third-order valence-corrected chi connectivity index (χ3v) is 3.80. The van der Waals surface area contributed by atoms with Crippen LogP contribution in [0.3, 0.4) is 0 Å². The number of benzene rings is 2. The Labute approximate surface area is 146 Å². The normalized spacial score (nSPS) is 16.3. The van der Waals surface area contributed by atoms with Gasteiger partial charge in [0.1, 0.15) is 18.2 Å². The van der Waals surface area contributed by atoms with Gasteiger partial charge in [-0.25, -0.2) is 4.39 Å². The van der Waals surface area contributed by atoms with E-state index in [1.165, 1.54) is 12.1 Å². The first-order valence-corrected chi connectivity index (χ1v) is 7.72. The topological polar surface area (TPSA) is 50.4 Å². The van der Waals surface area contributed by atoms with Gasteiger partial charge in [-0.1, -0.05) is 18.2 Å². The molecule has 0 aliphatic carbocycles. The van der Waals surface area contributed by atoms with Gasteiger partial charge in [-0.3, -0.25) is 4.79 Å². The monoisotopic (exact) mass is 350 g/mol. The molecule has 6 heteroatoms. The molecule has 128 valence electrons. The van der Waals surface area contributed by atoms with Gasteiger partial charge in [0.25, 0.3) is 0 Å². The second-order valence-corrected chi connectivity index (χ2v) is 5.58. The molecular formula is C18H20ClFN2O2. The molecule has 1 amide bonds. The highest BCUT2D eigenvalue weighted by Crippen LogP contribution is 2.19. The van der Waals surface area contributed by atoms with E-state index >= 15 is 0 Å². The van der Waals surface area contributed by atoms with Gasteiger partial charge in [0.15, 0.2) is 0 Å². The summed E-state index contributed by atoms with van der Waals surface area (Å²) in [6.45, 7) is 1.24. The second kappa shape index (κ2) is 8.66. The van der Waals surface area contributed by atoms with Crippen LogP contribution < -0.4 is 15.4 Å². The van der Waals surface area contributed by atoms with Crippen molar-refractivity contribution in [1.82, 2.24) is 5.32 Å². The van der Waals surface area contributed by atoms with Crippen LogP contribution in [0, 0.1) is 5.82 Å². The van der Waals surface area contributed by atoms with Crippen LogP contribution in [0.4, 0.5) is 10.1 Å². The van der Waals surface area contributed by atoms with E-state index in [1.54, 1.807) is 18.2 Å². The van der Waals surface area contributed by atoms with E-state index in [4.69, 9.17) is 4.74 Å². The summed E-state index contributed by atoms with van der Waals surface area (Å²) in [6, 6.07) is 13.4. The Hall–Kier alpha value is -2.11. The van der Waals surface area contributed by atoms with Crippen molar-refractivity contribution in [2.45, 2.75) is 25.5 Å². The maximum Gasteiger partial charge on any atom is 0.241 e. The van der Waals surface area contributed by atoms with Crippen LogP contribution in [0.2, 0.25) is 0 Å². The molecule has 0 saturated carbocycles. The van der Waals surface area contributed by atoms with Crippen molar-refractivity contribution in [2.24, 2.45) is 0 Å². The molecule has 3 rings (SSSR count). The number of anilines is 1. The summed E-state index contributed by atoms with van der Waals surface area (Å²) in [6.07, 6.45) is 1.89. The number of hydrogen-bond donors (Lipinski definition) is 2. The lowest BCUT2D eigenvalue weighted by Gasteiger charge is -2.12. The molecule has 1 heterocycles. The number of hydrogen-bond acceptors (Lipinski definition) is 3. The summed E-state index contributed by atoms with van der Waals surface area (Å²) < 4.78 is 18.6. The van der Waals surface area contributed by atoms with Crippen molar-refractivity contribution in [3.63, 3.8) is 0 Å². The smallest absolute Gasteiger partial charge is 0.241 e. The molecule has 4 nitrogen and oxygen atoms in total. The first kappa shape index (κ1) is 18.2. The number of rotatable bonds is 5. The summed E-state index contributed by atoms with van der Waals surface area (Å²) in [5.41, 5.74) is 1.59. The predicted molar refractivity (Wildman–Crippen MR) is 94.1 cm³/mol. The fraction of sp³-hybridized carbons (Fsp3) is 0.278. The summed E-state index contributed by atoms with van der Waals surface area (Å²) in [7, 11) is 0. The minimum atomic E-state index is -0.265. The van der Waals surface area contributed by atoms with Crippen molar-refractivity contribution >= 4 is 24.0 Å². The van der Waals surface area contributed by atoms with Crippen LogP contribution in [0.25, 0.3) is 0 Å². The molecule has 1 fully saturated rings. The molecule has 1 unspecified atom stereocenters. The lowest BCUT2D eigenvalue weighted by Crippen LogP contribution is -2.35. The Morgan fingerprint density at radius 1 is 1.25 bits per heavy atom. The minimum absolute atomic E-state index is 0. The van der Waals surface area contributed by atoms with E-state index in [2.05, 4.69) is 10.6 Å². The van der Waals surface area contributed by atoms with E-state index in [-0.39, 0.29) is 30.2 Å². The fourth-order valence-electron chi connectivity index (χ4n) is 2.55. The van der Waals surface area contributed by atoms with Crippen molar-refractivity contribution in [1.29, 1.82) is 0 Å². The van der Waals surface area contributed by atoms with Gasteiger partial charge in [0.05, 0.1) is 6.04 Å². The Kier molecular flexibility index (Phi) is 6.58. The SMILES string of the molecule is Cl.O=C(Nc1cccc(OCc2ccc(F)cc2)c1)C1CCCN1. The average molecular weight is 351 g/mol. The number of ether oxygens (including phenoxy) is 1. The largest absolute Gasteiger partial charge is 0.489 e. The van der Waals surface area contributed by atoms with Crippen LogP contribution in [-0.2, 0) is 11.4 Å². The molecule has 1 atom stereocenters. The number of carbonyl (C=O) groups is 1. The number of amides is 1. The van der Waals surface area contributed by atoms with Crippen molar-refractivity contribution < 1.29 is 13.9 Å². The van der Waals surface area contributed by atoms with Gasteiger partial charge >= 0.3 is 0 Å². The lowest BCUT2D eigenvalue weighted by molar-refractivity contribution is -0.117. The number of nitrogens with one attached hydrogen (secondary N) is 2. The highest BCUT2D eigenvalue weighted by atomic mass is 35.5. The molecule has 0 radical (unpaired) electrons. The van der Waals surface area contributed by atoms with Crippen LogP contribution in [0.1, 0.15) is 18.4 Å². The van der Waals surface area contributed by atoms with Crippen molar-refractivity contribution in [3.8, 4) is 5.75 Å². The quantitative estimate of drug-likeness (QED) is 0.867. The lowest BCUT2D eigenvalue weighted by atomic mass is 10.2. The molecule has 0 aromatic heterocycles. The molecule has 24 heavy (non-hydrogen) atoms. The molecule has 2 N–H and O–H groups in total. The Morgan fingerprint density at radius 2 is 2.04 bits per heavy atom. The van der Waals surface area contributed by atoms with Gasteiger partial charge < -0.3 is 15.4 Å². The van der Waals surface area contributed by atoms with Gasteiger partial charge in [0, 0.05) is 11.8 Å². The van der Waals surface area contributed by atoms with Gasteiger partial charge in [0.2, 0.25) is 5.91 Å². The molecule has 1 aliphatic heterocycles. The van der Waals surface area contributed by atoms with Crippen molar-refractivity contribution in [3.05, 3.63) is 59.9 Å². The third kappa shape index (κ3) is 4.94. The van der Waals surface area contributed by atoms with E-state index in [9.17, 15) is 9.18 Å². The summed E-state index contributed by atoms with van der Waals surface area (Å²) >= 11 is 0. The van der Waals surface area contributed by atoms with Crippen LogP contribution in [0.5, 0.6) is 5.75 Å². The number of carbonyl (C=O) groups excluding carboxylic acids is 1. The van der Waals surface area contributed by atoms with Crippen LogP contribution in [-0.4, -0.2) is 18.5 Å². The Balaban J connectivity index is 0.00000208. The molecule has 0 spiro atoms. The second-order valence-electron chi connectivity index (χ2n) is 5.58. The summed E-state index contributed by atoms with van der Waals surface area (Å²) in [4.78, 5) is 12.1. The Bertz CT molecular complexity index is 673. The van der Waals surface area contributed by atoms with Crippen LogP contribution in [0.15, 0.2) is 48.5 Å². The van der Waals surface area contributed by atoms with E-state index in [0.717, 1.165) is 24.9 Å². The zero-order chi connectivity index (χ0) is 16.1. The molecule has 2 aromatic rings. The highest BCUT2D eigenvalue weighted by molar-refractivity contribution is 5.95.